The zero-order valence-electron chi connectivity index (χ0n) is 12.7. The molecule has 1 amide bonds. The van der Waals surface area contributed by atoms with Gasteiger partial charge in [0.25, 0.3) is 0 Å². The predicted molar refractivity (Wildman–Crippen MR) is 90.3 cm³/mol. The van der Waals surface area contributed by atoms with Crippen molar-refractivity contribution in [3.8, 4) is 0 Å². The van der Waals surface area contributed by atoms with Crippen molar-refractivity contribution < 1.29 is 4.79 Å². The summed E-state index contributed by atoms with van der Waals surface area (Å²) in [6, 6.07) is 5.67. The summed E-state index contributed by atoms with van der Waals surface area (Å²) in [5.41, 5.74) is 1.11. The first-order valence-corrected chi connectivity index (χ1v) is 8.84. The molecule has 0 radical (unpaired) electrons. The number of halogens is 2. The zero-order valence-corrected chi connectivity index (χ0v) is 14.2. The molecule has 22 heavy (non-hydrogen) atoms. The molecule has 1 aromatic rings. The summed E-state index contributed by atoms with van der Waals surface area (Å²) < 4.78 is 0. The molecule has 0 unspecified atom stereocenters. The standard InChI is InChI=1S/C17H22Cl2N2O/c18-15-4-3-14(16(19)11-15)12-20-9-5-13(6-10-20)17(22)21-7-1-2-8-21/h3-4,11,13H,1-2,5-10,12H2. The molecular formula is C17H22Cl2N2O. The van der Waals surface area contributed by atoms with Crippen LogP contribution < -0.4 is 0 Å². The fourth-order valence-electron chi connectivity index (χ4n) is 3.42. The van der Waals surface area contributed by atoms with E-state index in [9.17, 15) is 4.79 Å². The van der Waals surface area contributed by atoms with E-state index in [-0.39, 0.29) is 5.92 Å². The Bertz CT molecular complexity index is 535. The van der Waals surface area contributed by atoms with Crippen molar-refractivity contribution in [2.24, 2.45) is 5.92 Å². The lowest BCUT2D eigenvalue weighted by Gasteiger charge is -2.33. The number of nitrogens with zero attached hydrogens (tertiary/aromatic N) is 2. The van der Waals surface area contributed by atoms with Gasteiger partial charge in [0.2, 0.25) is 5.91 Å². The summed E-state index contributed by atoms with van der Waals surface area (Å²) in [4.78, 5) is 16.9. The maximum atomic E-state index is 12.4. The van der Waals surface area contributed by atoms with Gasteiger partial charge in [-0.05, 0) is 56.5 Å². The molecule has 3 nitrogen and oxygen atoms in total. The molecule has 2 aliphatic heterocycles. The van der Waals surface area contributed by atoms with Crippen LogP contribution in [0.15, 0.2) is 18.2 Å². The van der Waals surface area contributed by atoms with Crippen LogP contribution in [-0.4, -0.2) is 41.9 Å². The highest BCUT2D eigenvalue weighted by Crippen LogP contribution is 2.26. The molecule has 2 fully saturated rings. The summed E-state index contributed by atoms with van der Waals surface area (Å²) in [5, 5.41) is 1.39. The molecule has 2 saturated heterocycles. The highest BCUT2D eigenvalue weighted by Gasteiger charge is 2.29. The molecule has 3 rings (SSSR count). The van der Waals surface area contributed by atoms with Gasteiger partial charge in [-0.15, -0.1) is 0 Å². The molecule has 120 valence electrons. The number of hydrogen-bond acceptors (Lipinski definition) is 2. The summed E-state index contributed by atoms with van der Waals surface area (Å²) in [7, 11) is 0. The molecule has 0 aliphatic carbocycles. The minimum Gasteiger partial charge on any atom is -0.342 e. The molecule has 2 heterocycles. The van der Waals surface area contributed by atoms with E-state index < -0.39 is 0 Å². The Kier molecular flexibility index (Phi) is 5.27. The van der Waals surface area contributed by atoms with Crippen LogP contribution in [0.2, 0.25) is 10.0 Å². The Morgan fingerprint density at radius 1 is 1.09 bits per heavy atom. The minimum absolute atomic E-state index is 0.218. The normalized spacial score (nSPS) is 20.5. The fourth-order valence-corrected chi connectivity index (χ4v) is 3.89. The molecule has 5 heteroatoms. The van der Waals surface area contributed by atoms with Crippen molar-refractivity contribution in [3.05, 3.63) is 33.8 Å². The first-order chi connectivity index (χ1) is 10.6. The van der Waals surface area contributed by atoms with Crippen molar-refractivity contribution >= 4 is 29.1 Å². The molecule has 0 aromatic heterocycles. The summed E-state index contributed by atoms with van der Waals surface area (Å²) in [6.07, 6.45) is 4.25. The predicted octanol–water partition coefficient (Wildman–Crippen LogP) is 3.83. The van der Waals surface area contributed by atoms with Crippen molar-refractivity contribution in [1.29, 1.82) is 0 Å². The SMILES string of the molecule is O=C(C1CCN(Cc2ccc(Cl)cc2Cl)CC1)N1CCCC1. The van der Waals surface area contributed by atoms with E-state index >= 15 is 0 Å². The van der Waals surface area contributed by atoms with Crippen LogP contribution in [-0.2, 0) is 11.3 Å². The molecular weight excluding hydrogens is 319 g/mol. The smallest absolute Gasteiger partial charge is 0.225 e. The van der Waals surface area contributed by atoms with Gasteiger partial charge >= 0.3 is 0 Å². The quantitative estimate of drug-likeness (QED) is 0.834. The highest BCUT2D eigenvalue weighted by atomic mass is 35.5. The van der Waals surface area contributed by atoms with Gasteiger partial charge in [0.15, 0.2) is 0 Å². The average Bonchev–Trinajstić information content (AvgIpc) is 3.04. The van der Waals surface area contributed by atoms with E-state index in [1.807, 2.05) is 12.1 Å². The fraction of sp³-hybridized carbons (Fsp3) is 0.588. The van der Waals surface area contributed by atoms with Crippen LogP contribution in [0.1, 0.15) is 31.2 Å². The average molecular weight is 341 g/mol. The van der Waals surface area contributed by atoms with Crippen LogP contribution in [0.3, 0.4) is 0 Å². The Hall–Kier alpha value is -0.770. The molecule has 0 atom stereocenters. The molecule has 2 aliphatic rings. The number of benzene rings is 1. The number of rotatable bonds is 3. The second-order valence-corrected chi connectivity index (χ2v) is 7.16. The van der Waals surface area contributed by atoms with Crippen LogP contribution in [0.4, 0.5) is 0 Å². The van der Waals surface area contributed by atoms with Gasteiger partial charge in [0, 0.05) is 35.6 Å². The van der Waals surface area contributed by atoms with Crippen molar-refractivity contribution in [2.75, 3.05) is 26.2 Å². The second-order valence-electron chi connectivity index (χ2n) is 6.32. The number of likely N-dealkylation sites (tertiary alicyclic amines) is 2. The monoisotopic (exact) mass is 340 g/mol. The zero-order chi connectivity index (χ0) is 15.5. The first kappa shape index (κ1) is 16.1. The number of hydrogen-bond donors (Lipinski definition) is 0. The number of carbonyl (C=O) groups excluding carboxylic acids is 1. The van der Waals surface area contributed by atoms with E-state index in [1.165, 1.54) is 12.8 Å². The number of carbonyl (C=O) groups is 1. The lowest BCUT2D eigenvalue weighted by Crippen LogP contribution is -2.41. The molecule has 0 saturated carbocycles. The van der Waals surface area contributed by atoms with Crippen LogP contribution in [0.5, 0.6) is 0 Å². The van der Waals surface area contributed by atoms with Gasteiger partial charge in [0.1, 0.15) is 0 Å². The van der Waals surface area contributed by atoms with Gasteiger partial charge in [-0.1, -0.05) is 29.3 Å². The largest absolute Gasteiger partial charge is 0.342 e. The summed E-state index contributed by atoms with van der Waals surface area (Å²) >= 11 is 12.2. The van der Waals surface area contributed by atoms with Gasteiger partial charge < -0.3 is 4.90 Å². The van der Waals surface area contributed by atoms with E-state index in [0.29, 0.717) is 10.9 Å². The van der Waals surface area contributed by atoms with Crippen molar-refractivity contribution in [2.45, 2.75) is 32.2 Å². The lowest BCUT2D eigenvalue weighted by atomic mass is 9.95. The van der Waals surface area contributed by atoms with Gasteiger partial charge in [0.05, 0.1) is 0 Å². The minimum atomic E-state index is 0.218. The Balaban J connectivity index is 1.52. The Labute approximate surface area is 142 Å². The second kappa shape index (κ2) is 7.20. The van der Waals surface area contributed by atoms with Gasteiger partial charge in [-0.3, -0.25) is 9.69 Å². The van der Waals surface area contributed by atoms with Gasteiger partial charge in [-0.2, -0.15) is 0 Å². The van der Waals surface area contributed by atoms with Crippen molar-refractivity contribution in [3.63, 3.8) is 0 Å². The maximum Gasteiger partial charge on any atom is 0.225 e. The van der Waals surface area contributed by atoms with E-state index in [0.717, 1.165) is 56.2 Å². The lowest BCUT2D eigenvalue weighted by molar-refractivity contribution is -0.136. The third-order valence-electron chi connectivity index (χ3n) is 4.76. The Morgan fingerprint density at radius 3 is 2.41 bits per heavy atom. The van der Waals surface area contributed by atoms with Crippen LogP contribution in [0.25, 0.3) is 0 Å². The molecule has 0 N–H and O–H groups in total. The first-order valence-electron chi connectivity index (χ1n) is 8.08. The topological polar surface area (TPSA) is 23.6 Å². The maximum absolute atomic E-state index is 12.4. The number of amides is 1. The van der Waals surface area contributed by atoms with Crippen LogP contribution in [0, 0.1) is 5.92 Å². The molecule has 1 aromatic carbocycles. The summed E-state index contributed by atoms with van der Waals surface area (Å²) in [5.74, 6) is 0.594. The van der Waals surface area contributed by atoms with E-state index in [1.54, 1.807) is 6.07 Å². The van der Waals surface area contributed by atoms with E-state index in [2.05, 4.69) is 9.80 Å². The van der Waals surface area contributed by atoms with E-state index in [4.69, 9.17) is 23.2 Å². The third kappa shape index (κ3) is 3.76. The highest BCUT2D eigenvalue weighted by molar-refractivity contribution is 6.35. The third-order valence-corrected chi connectivity index (χ3v) is 5.35. The summed E-state index contributed by atoms with van der Waals surface area (Å²) in [6.45, 7) is 4.67. The van der Waals surface area contributed by atoms with Crippen molar-refractivity contribution in [1.82, 2.24) is 9.80 Å². The molecule has 0 bridgehead atoms. The van der Waals surface area contributed by atoms with Gasteiger partial charge in [-0.25, -0.2) is 0 Å². The molecule has 0 spiro atoms. The number of piperidine rings is 1. The Morgan fingerprint density at radius 2 is 1.77 bits per heavy atom. The van der Waals surface area contributed by atoms with Crippen LogP contribution >= 0.6 is 23.2 Å².